The van der Waals surface area contributed by atoms with Crippen LogP contribution in [0.3, 0.4) is 0 Å². The summed E-state index contributed by atoms with van der Waals surface area (Å²) >= 11 is 8.56. The van der Waals surface area contributed by atoms with Gasteiger partial charge in [0.15, 0.2) is 5.82 Å². The smallest absolute Gasteiger partial charge is 0.169 e. The van der Waals surface area contributed by atoms with Gasteiger partial charge < -0.3 is 16.8 Å². The van der Waals surface area contributed by atoms with Crippen molar-refractivity contribution in [3.63, 3.8) is 0 Å². The molecule has 2 aromatic carbocycles. The largest absolute Gasteiger partial charge is 0.397 e. The van der Waals surface area contributed by atoms with Gasteiger partial charge in [0, 0.05) is 6.07 Å². The second kappa shape index (κ2) is 5.41. The van der Waals surface area contributed by atoms with Crippen molar-refractivity contribution in [3.8, 4) is 0 Å². The third kappa shape index (κ3) is 2.64. The predicted octanol–water partition coefficient (Wildman–Crippen LogP) is 4.43. The molecule has 0 saturated carbocycles. The number of nitrogens with two attached hydrogens (primary N) is 2. The van der Waals surface area contributed by atoms with Gasteiger partial charge in [0.2, 0.25) is 0 Å². The van der Waals surface area contributed by atoms with Gasteiger partial charge in [0.05, 0.1) is 27.2 Å². The zero-order chi connectivity index (χ0) is 15.0. The molecule has 106 valence electrons. The molecule has 0 amide bonds. The molecule has 0 aliphatic carbocycles. The lowest BCUT2D eigenvalue weighted by Gasteiger charge is -2.14. The molecule has 8 heteroatoms. The normalized spacial score (nSPS) is 10.7. The molecule has 0 radical (unpaired) electrons. The maximum atomic E-state index is 14.0. The van der Waals surface area contributed by atoms with E-state index >= 15 is 0 Å². The molecule has 2 rings (SSSR count). The molecular weight excluding hydrogens is 359 g/mol. The molecule has 0 saturated heterocycles. The standard InChI is InChI=1S/C12H8BrClF3N3/c13-4-1-9(6(16)2-5(4)15)20-12-8(19)3-7(18)10(14)11(12)17/h1-3,20H,18-19H2. The van der Waals surface area contributed by atoms with Crippen LogP contribution in [0.4, 0.5) is 35.9 Å². The summed E-state index contributed by atoms with van der Waals surface area (Å²) in [6, 6.07) is 3.01. The molecule has 0 spiro atoms. The summed E-state index contributed by atoms with van der Waals surface area (Å²) in [5.74, 6) is -2.60. The number of benzene rings is 2. The second-order valence-corrected chi connectivity index (χ2v) is 5.16. The van der Waals surface area contributed by atoms with Crippen LogP contribution in [0.2, 0.25) is 5.02 Å². The molecule has 0 aliphatic rings. The van der Waals surface area contributed by atoms with Crippen LogP contribution in [0, 0.1) is 17.5 Å². The maximum Gasteiger partial charge on any atom is 0.169 e. The Balaban J connectivity index is 2.51. The van der Waals surface area contributed by atoms with E-state index in [4.69, 9.17) is 23.1 Å². The summed E-state index contributed by atoms with van der Waals surface area (Å²) in [7, 11) is 0. The summed E-state index contributed by atoms with van der Waals surface area (Å²) in [6.45, 7) is 0. The fraction of sp³-hybridized carbons (Fsp3) is 0. The summed E-state index contributed by atoms with van der Waals surface area (Å²) in [4.78, 5) is 0. The first kappa shape index (κ1) is 14.8. The summed E-state index contributed by atoms with van der Waals surface area (Å²) in [5, 5.41) is 2.10. The summed E-state index contributed by atoms with van der Waals surface area (Å²) in [6.07, 6.45) is 0. The van der Waals surface area contributed by atoms with Crippen LogP contribution in [0.5, 0.6) is 0 Å². The molecule has 0 heterocycles. The Hall–Kier alpha value is -1.60. The van der Waals surface area contributed by atoms with Gasteiger partial charge in [0.25, 0.3) is 0 Å². The number of rotatable bonds is 2. The van der Waals surface area contributed by atoms with E-state index in [0.29, 0.717) is 6.07 Å². The quantitative estimate of drug-likeness (QED) is 0.544. The number of nitrogen functional groups attached to an aromatic ring is 2. The van der Waals surface area contributed by atoms with Gasteiger partial charge in [-0.15, -0.1) is 0 Å². The lowest BCUT2D eigenvalue weighted by molar-refractivity contribution is 0.581. The molecule has 20 heavy (non-hydrogen) atoms. The monoisotopic (exact) mass is 365 g/mol. The molecule has 0 bridgehead atoms. The van der Waals surface area contributed by atoms with Gasteiger partial charge in [-0.05, 0) is 28.1 Å². The molecule has 5 N–H and O–H groups in total. The van der Waals surface area contributed by atoms with Crippen molar-refractivity contribution in [2.24, 2.45) is 0 Å². The Morgan fingerprint density at radius 1 is 1.00 bits per heavy atom. The van der Waals surface area contributed by atoms with Gasteiger partial charge in [-0.1, -0.05) is 11.6 Å². The lowest BCUT2D eigenvalue weighted by atomic mass is 10.2. The molecule has 0 aliphatic heterocycles. The lowest BCUT2D eigenvalue weighted by Crippen LogP contribution is -2.04. The Kier molecular flexibility index (Phi) is 4.01. The topological polar surface area (TPSA) is 64.1 Å². The Bertz CT molecular complexity index is 694. The van der Waals surface area contributed by atoms with Crippen molar-refractivity contribution < 1.29 is 13.2 Å². The van der Waals surface area contributed by atoms with E-state index in [1.165, 1.54) is 6.07 Å². The zero-order valence-corrected chi connectivity index (χ0v) is 12.1. The van der Waals surface area contributed by atoms with Gasteiger partial charge in [-0.3, -0.25) is 0 Å². The minimum Gasteiger partial charge on any atom is -0.397 e. The van der Waals surface area contributed by atoms with E-state index < -0.39 is 17.5 Å². The van der Waals surface area contributed by atoms with Crippen molar-refractivity contribution in [1.82, 2.24) is 0 Å². The van der Waals surface area contributed by atoms with Gasteiger partial charge >= 0.3 is 0 Å². The fourth-order valence-corrected chi connectivity index (χ4v) is 2.04. The summed E-state index contributed by atoms with van der Waals surface area (Å²) < 4.78 is 40.7. The van der Waals surface area contributed by atoms with Gasteiger partial charge in [-0.25, -0.2) is 13.2 Å². The van der Waals surface area contributed by atoms with Crippen LogP contribution in [-0.4, -0.2) is 0 Å². The first-order valence-electron chi connectivity index (χ1n) is 5.25. The molecule has 0 unspecified atom stereocenters. The van der Waals surface area contributed by atoms with Crippen molar-refractivity contribution in [3.05, 3.63) is 45.1 Å². The van der Waals surface area contributed by atoms with Crippen LogP contribution in [-0.2, 0) is 0 Å². The van der Waals surface area contributed by atoms with Crippen molar-refractivity contribution in [2.75, 3.05) is 16.8 Å². The first-order valence-corrected chi connectivity index (χ1v) is 6.43. The molecular formula is C12H8BrClF3N3. The summed E-state index contributed by atoms with van der Waals surface area (Å²) in [5.41, 5.74) is 10.6. The van der Waals surface area contributed by atoms with E-state index in [1.807, 2.05) is 0 Å². The highest BCUT2D eigenvalue weighted by Crippen LogP contribution is 2.36. The third-order valence-electron chi connectivity index (χ3n) is 2.53. The highest BCUT2D eigenvalue weighted by molar-refractivity contribution is 9.10. The van der Waals surface area contributed by atoms with E-state index in [-0.39, 0.29) is 32.2 Å². The van der Waals surface area contributed by atoms with E-state index in [9.17, 15) is 13.2 Å². The molecule has 0 fully saturated rings. The number of anilines is 4. The number of hydrogen-bond acceptors (Lipinski definition) is 3. The minimum absolute atomic E-state index is 0.0157. The number of hydrogen-bond donors (Lipinski definition) is 3. The van der Waals surface area contributed by atoms with Crippen molar-refractivity contribution in [2.45, 2.75) is 0 Å². The second-order valence-electron chi connectivity index (χ2n) is 3.93. The van der Waals surface area contributed by atoms with E-state index in [1.54, 1.807) is 0 Å². The number of nitrogens with one attached hydrogen (secondary N) is 1. The average molecular weight is 367 g/mol. The highest BCUT2D eigenvalue weighted by Gasteiger charge is 2.16. The maximum absolute atomic E-state index is 14.0. The SMILES string of the molecule is Nc1cc(N)c(Nc2cc(Br)c(F)cc2F)c(F)c1Cl. The highest BCUT2D eigenvalue weighted by atomic mass is 79.9. The van der Waals surface area contributed by atoms with Crippen LogP contribution >= 0.6 is 27.5 Å². The molecule has 0 atom stereocenters. The Morgan fingerprint density at radius 3 is 2.30 bits per heavy atom. The molecule has 2 aromatic rings. The first-order chi connectivity index (χ1) is 9.31. The average Bonchev–Trinajstić information content (AvgIpc) is 2.38. The molecule has 0 aromatic heterocycles. The Morgan fingerprint density at radius 2 is 1.65 bits per heavy atom. The van der Waals surface area contributed by atoms with Crippen LogP contribution in [0.25, 0.3) is 0 Å². The Labute approximate surface area is 125 Å². The van der Waals surface area contributed by atoms with E-state index in [0.717, 1.165) is 6.07 Å². The minimum atomic E-state index is -0.913. The predicted molar refractivity (Wildman–Crippen MR) is 77.6 cm³/mol. The fourth-order valence-electron chi connectivity index (χ4n) is 1.55. The van der Waals surface area contributed by atoms with Crippen LogP contribution in [0.1, 0.15) is 0 Å². The van der Waals surface area contributed by atoms with Crippen LogP contribution in [0.15, 0.2) is 22.7 Å². The van der Waals surface area contributed by atoms with E-state index in [2.05, 4.69) is 21.2 Å². The molecule has 3 nitrogen and oxygen atoms in total. The van der Waals surface area contributed by atoms with Crippen molar-refractivity contribution in [1.29, 1.82) is 0 Å². The number of halogens is 5. The van der Waals surface area contributed by atoms with Gasteiger partial charge in [0.1, 0.15) is 16.7 Å². The van der Waals surface area contributed by atoms with Crippen LogP contribution < -0.4 is 16.8 Å². The van der Waals surface area contributed by atoms with Gasteiger partial charge in [-0.2, -0.15) is 0 Å². The van der Waals surface area contributed by atoms with Crippen molar-refractivity contribution >= 4 is 50.3 Å². The third-order valence-corrected chi connectivity index (χ3v) is 3.53. The zero-order valence-electron chi connectivity index (χ0n) is 9.78.